The van der Waals surface area contributed by atoms with Gasteiger partial charge in [-0.15, -0.1) is 0 Å². The first-order chi connectivity index (χ1) is 6.56. The lowest BCUT2D eigenvalue weighted by Crippen LogP contribution is -1.99. The molecule has 0 aliphatic rings. The predicted octanol–water partition coefficient (Wildman–Crippen LogP) is 3.68. The molecule has 0 aliphatic carbocycles. The zero-order valence-electron chi connectivity index (χ0n) is 7.68. The number of carbonyl (C=O) groups excluding carboxylic acids is 1. The van der Waals surface area contributed by atoms with Crippen LogP contribution >= 0.6 is 23.2 Å². The molecule has 76 valence electrons. The van der Waals surface area contributed by atoms with Crippen LogP contribution in [0.3, 0.4) is 0 Å². The van der Waals surface area contributed by atoms with Gasteiger partial charge >= 0.3 is 0 Å². The second-order valence-electron chi connectivity index (χ2n) is 2.96. The van der Waals surface area contributed by atoms with Gasteiger partial charge in [0.1, 0.15) is 5.75 Å². The molecule has 0 radical (unpaired) electrons. The molecule has 0 fully saturated rings. The van der Waals surface area contributed by atoms with Crippen LogP contribution in [-0.2, 0) is 0 Å². The highest BCUT2D eigenvalue weighted by Gasteiger charge is 2.12. The minimum atomic E-state index is -0.107. The van der Waals surface area contributed by atoms with Crippen molar-refractivity contribution in [3.8, 4) is 5.75 Å². The number of hydrogen-bond donors (Lipinski definition) is 1. The molecule has 0 saturated carbocycles. The number of benzene rings is 1. The zero-order chi connectivity index (χ0) is 10.7. The maximum atomic E-state index is 11.5. The van der Waals surface area contributed by atoms with Gasteiger partial charge in [0.15, 0.2) is 5.78 Å². The molecule has 1 rings (SSSR count). The maximum Gasteiger partial charge on any atom is 0.164 e. The highest BCUT2D eigenvalue weighted by Crippen LogP contribution is 2.30. The Labute approximate surface area is 92.5 Å². The molecule has 0 spiro atoms. The third-order valence-corrected chi connectivity index (χ3v) is 2.43. The summed E-state index contributed by atoms with van der Waals surface area (Å²) in [6.07, 6.45) is 1.19. The van der Waals surface area contributed by atoms with Gasteiger partial charge in [0.05, 0.1) is 10.0 Å². The number of aromatic hydroxyl groups is 1. The van der Waals surface area contributed by atoms with Gasteiger partial charge in [0.2, 0.25) is 0 Å². The molecule has 0 unspecified atom stereocenters. The zero-order valence-corrected chi connectivity index (χ0v) is 9.19. The molecule has 1 N–H and O–H groups in total. The average Bonchev–Trinajstić information content (AvgIpc) is 2.11. The molecule has 1 aromatic rings. The number of phenols is 1. The van der Waals surface area contributed by atoms with Crippen molar-refractivity contribution in [2.24, 2.45) is 0 Å². The van der Waals surface area contributed by atoms with Gasteiger partial charge in [-0.2, -0.15) is 0 Å². The van der Waals surface area contributed by atoms with Crippen LogP contribution in [0.4, 0.5) is 0 Å². The van der Waals surface area contributed by atoms with Crippen LogP contribution in [0, 0.1) is 0 Å². The quantitative estimate of drug-likeness (QED) is 0.808. The van der Waals surface area contributed by atoms with Crippen molar-refractivity contribution < 1.29 is 9.90 Å². The fourth-order valence-corrected chi connectivity index (χ4v) is 1.54. The van der Waals surface area contributed by atoms with E-state index in [1.54, 1.807) is 0 Å². The second-order valence-corrected chi connectivity index (χ2v) is 3.77. The van der Waals surface area contributed by atoms with Gasteiger partial charge in [-0.25, -0.2) is 0 Å². The Morgan fingerprint density at radius 2 is 2.00 bits per heavy atom. The number of phenolic OH excluding ortho intramolecular Hbond substituents is 1. The summed E-state index contributed by atoms with van der Waals surface area (Å²) in [7, 11) is 0. The van der Waals surface area contributed by atoms with Crippen molar-refractivity contribution in [1.82, 2.24) is 0 Å². The third kappa shape index (κ3) is 2.40. The molecule has 14 heavy (non-hydrogen) atoms. The van der Waals surface area contributed by atoms with Gasteiger partial charge in [-0.05, 0) is 12.5 Å². The van der Waals surface area contributed by atoms with Gasteiger partial charge in [0.25, 0.3) is 0 Å². The van der Waals surface area contributed by atoms with E-state index in [-0.39, 0.29) is 21.6 Å². The van der Waals surface area contributed by atoms with Gasteiger partial charge in [0, 0.05) is 18.1 Å². The molecule has 0 aliphatic heterocycles. The van der Waals surface area contributed by atoms with Crippen molar-refractivity contribution >= 4 is 29.0 Å². The molecule has 0 atom stereocenters. The molecule has 1 aromatic carbocycles. The largest absolute Gasteiger partial charge is 0.506 e. The Morgan fingerprint density at radius 1 is 1.36 bits per heavy atom. The lowest BCUT2D eigenvalue weighted by Gasteiger charge is -2.04. The van der Waals surface area contributed by atoms with Crippen molar-refractivity contribution in [2.45, 2.75) is 19.8 Å². The molecule has 4 heteroatoms. The summed E-state index contributed by atoms with van der Waals surface area (Å²) in [4.78, 5) is 11.5. The number of hydrogen-bond acceptors (Lipinski definition) is 2. The molecular weight excluding hydrogens is 223 g/mol. The van der Waals surface area contributed by atoms with E-state index < -0.39 is 0 Å². The number of ketones is 1. The van der Waals surface area contributed by atoms with Gasteiger partial charge < -0.3 is 5.11 Å². The maximum absolute atomic E-state index is 11.5. The molecule has 0 bridgehead atoms. The summed E-state index contributed by atoms with van der Waals surface area (Å²) >= 11 is 11.5. The lowest BCUT2D eigenvalue weighted by atomic mass is 10.1. The summed E-state index contributed by atoms with van der Waals surface area (Å²) in [6.45, 7) is 1.91. The average molecular weight is 233 g/mol. The number of carbonyl (C=O) groups is 1. The predicted molar refractivity (Wildman–Crippen MR) is 57.4 cm³/mol. The van der Waals surface area contributed by atoms with Crippen molar-refractivity contribution in [1.29, 1.82) is 0 Å². The summed E-state index contributed by atoms with van der Waals surface area (Å²) in [5.74, 6) is -0.163. The van der Waals surface area contributed by atoms with E-state index in [4.69, 9.17) is 23.2 Å². The van der Waals surface area contributed by atoms with Crippen LogP contribution in [0.2, 0.25) is 10.0 Å². The van der Waals surface area contributed by atoms with Crippen LogP contribution in [0.1, 0.15) is 30.1 Å². The highest BCUT2D eigenvalue weighted by molar-refractivity contribution is 6.36. The van der Waals surface area contributed by atoms with Crippen molar-refractivity contribution in [3.05, 3.63) is 27.7 Å². The smallest absolute Gasteiger partial charge is 0.164 e. The molecule has 0 amide bonds. The number of rotatable bonds is 3. The Morgan fingerprint density at radius 3 is 2.57 bits per heavy atom. The van der Waals surface area contributed by atoms with Gasteiger partial charge in [-0.3, -0.25) is 4.79 Å². The SMILES string of the molecule is CCCC(=O)c1cc(Cl)c(O)cc1Cl. The number of halogens is 2. The third-order valence-electron chi connectivity index (χ3n) is 1.81. The Kier molecular flexibility index (Phi) is 3.78. The molecule has 0 saturated heterocycles. The molecule has 2 nitrogen and oxygen atoms in total. The summed E-state index contributed by atoms with van der Waals surface area (Å²) < 4.78 is 0. The molecule has 0 aromatic heterocycles. The Bertz CT molecular complexity index is 361. The minimum Gasteiger partial charge on any atom is -0.506 e. The Hall–Kier alpha value is -0.730. The first-order valence-corrected chi connectivity index (χ1v) is 5.03. The standard InChI is InChI=1S/C10H10Cl2O2/c1-2-3-9(13)6-4-8(12)10(14)5-7(6)11/h4-5,14H,2-3H2,1H3. The first kappa shape index (κ1) is 11.3. The van der Waals surface area contributed by atoms with Crippen molar-refractivity contribution in [3.63, 3.8) is 0 Å². The summed E-state index contributed by atoms with van der Waals surface area (Å²) in [6, 6.07) is 2.68. The lowest BCUT2D eigenvalue weighted by molar-refractivity contribution is 0.0982. The van der Waals surface area contributed by atoms with E-state index in [0.29, 0.717) is 12.0 Å². The van der Waals surface area contributed by atoms with E-state index in [0.717, 1.165) is 6.42 Å². The summed E-state index contributed by atoms with van der Waals surface area (Å²) in [5.41, 5.74) is 0.372. The first-order valence-electron chi connectivity index (χ1n) is 4.27. The molecular formula is C10H10Cl2O2. The Balaban J connectivity index is 3.09. The van der Waals surface area contributed by atoms with Crippen LogP contribution in [0.5, 0.6) is 5.75 Å². The van der Waals surface area contributed by atoms with E-state index in [9.17, 15) is 9.90 Å². The highest BCUT2D eigenvalue weighted by atomic mass is 35.5. The van der Waals surface area contributed by atoms with Gasteiger partial charge in [-0.1, -0.05) is 30.1 Å². The fourth-order valence-electron chi connectivity index (χ4n) is 1.11. The van der Waals surface area contributed by atoms with E-state index in [1.165, 1.54) is 12.1 Å². The monoisotopic (exact) mass is 232 g/mol. The van der Waals surface area contributed by atoms with E-state index in [2.05, 4.69) is 0 Å². The summed E-state index contributed by atoms with van der Waals surface area (Å²) in [5, 5.41) is 9.60. The second kappa shape index (κ2) is 4.67. The fraction of sp³-hybridized carbons (Fsp3) is 0.300. The topological polar surface area (TPSA) is 37.3 Å². The number of Topliss-reactive ketones (excluding diaryl/α,β-unsaturated/α-hetero) is 1. The van der Waals surface area contributed by atoms with E-state index in [1.807, 2.05) is 6.92 Å². The minimum absolute atomic E-state index is 0.0561. The van der Waals surface area contributed by atoms with Crippen LogP contribution in [0.25, 0.3) is 0 Å². The van der Waals surface area contributed by atoms with Crippen LogP contribution in [-0.4, -0.2) is 10.9 Å². The van der Waals surface area contributed by atoms with E-state index >= 15 is 0 Å². The van der Waals surface area contributed by atoms with Crippen LogP contribution in [0.15, 0.2) is 12.1 Å². The molecule has 0 heterocycles. The normalized spacial score (nSPS) is 10.2. The van der Waals surface area contributed by atoms with Crippen LogP contribution < -0.4 is 0 Å². The van der Waals surface area contributed by atoms with Crippen molar-refractivity contribution in [2.75, 3.05) is 0 Å².